The molecule has 0 unspecified atom stereocenters. The van der Waals surface area contributed by atoms with Crippen LogP contribution in [-0.4, -0.2) is 37.0 Å². The zero-order valence-corrected chi connectivity index (χ0v) is 13.3. The van der Waals surface area contributed by atoms with Crippen LogP contribution in [0.4, 0.5) is 5.69 Å². The summed E-state index contributed by atoms with van der Waals surface area (Å²) >= 11 is 6.00. The van der Waals surface area contributed by atoms with Crippen molar-refractivity contribution in [3.05, 3.63) is 28.3 Å². The Morgan fingerprint density at radius 3 is 2.50 bits per heavy atom. The highest BCUT2D eigenvalue weighted by Gasteiger charge is 2.13. The molecule has 0 bridgehead atoms. The number of nitrogens with two attached hydrogens (primary N) is 1. The van der Waals surface area contributed by atoms with Crippen LogP contribution in [0.1, 0.15) is 36.7 Å². The summed E-state index contributed by atoms with van der Waals surface area (Å²) in [4.78, 5) is 14.5. The molecule has 0 aliphatic rings. The lowest BCUT2D eigenvalue weighted by Crippen LogP contribution is -2.35. The largest absolute Gasteiger partial charge is 0.398 e. The first-order chi connectivity index (χ1) is 9.53. The molecule has 0 radical (unpaired) electrons. The molecular weight excluding hydrogens is 274 g/mol. The number of amides is 1. The highest BCUT2D eigenvalue weighted by molar-refractivity contribution is 6.33. The van der Waals surface area contributed by atoms with Crippen molar-refractivity contribution < 1.29 is 4.79 Å². The monoisotopic (exact) mass is 297 g/mol. The molecule has 3 N–H and O–H groups in total. The van der Waals surface area contributed by atoms with Crippen molar-refractivity contribution in [3.8, 4) is 0 Å². The summed E-state index contributed by atoms with van der Waals surface area (Å²) in [6, 6.07) is 3.43. The van der Waals surface area contributed by atoms with E-state index in [0.29, 0.717) is 22.8 Å². The fourth-order valence-corrected chi connectivity index (χ4v) is 2.27. The van der Waals surface area contributed by atoms with Gasteiger partial charge in [-0.3, -0.25) is 4.79 Å². The van der Waals surface area contributed by atoms with Gasteiger partial charge < -0.3 is 16.0 Å². The van der Waals surface area contributed by atoms with E-state index in [-0.39, 0.29) is 5.91 Å². The molecule has 5 heteroatoms. The zero-order valence-electron chi connectivity index (χ0n) is 12.5. The Kier molecular flexibility index (Phi) is 6.82. The van der Waals surface area contributed by atoms with E-state index in [1.165, 1.54) is 0 Å². The number of rotatable bonds is 7. The van der Waals surface area contributed by atoms with Gasteiger partial charge in [0.1, 0.15) is 0 Å². The molecule has 4 nitrogen and oxygen atoms in total. The first kappa shape index (κ1) is 16.8. The van der Waals surface area contributed by atoms with Crippen LogP contribution in [0.25, 0.3) is 0 Å². The Balaban J connectivity index is 2.70. The first-order valence-corrected chi connectivity index (χ1v) is 7.49. The number of benzene rings is 1. The number of halogens is 1. The third-order valence-electron chi connectivity index (χ3n) is 3.46. The second kappa shape index (κ2) is 8.12. The fourth-order valence-electron chi connectivity index (χ4n) is 2.10. The molecule has 0 atom stereocenters. The number of hydrogen-bond acceptors (Lipinski definition) is 3. The van der Waals surface area contributed by atoms with E-state index >= 15 is 0 Å². The van der Waals surface area contributed by atoms with Crippen LogP contribution in [0.3, 0.4) is 0 Å². The van der Waals surface area contributed by atoms with Crippen molar-refractivity contribution in [1.82, 2.24) is 10.2 Å². The quantitative estimate of drug-likeness (QED) is 0.761. The van der Waals surface area contributed by atoms with Gasteiger partial charge in [0.25, 0.3) is 5.91 Å². The predicted octanol–water partition coefficient (Wildman–Crippen LogP) is 2.56. The summed E-state index contributed by atoms with van der Waals surface area (Å²) in [5, 5.41) is 3.37. The fraction of sp³-hybridized carbons (Fsp3) is 0.533. The summed E-state index contributed by atoms with van der Waals surface area (Å²) in [5.74, 6) is -0.0871. The molecule has 0 heterocycles. The number of nitrogens with one attached hydrogen (secondary N) is 1. The van der Waals surface area contributed by atoms with Crippen molar-refractivity contribution >= 4 is 23.2 Å². The number of likely N-dealkylation sites (N-methyl/N-ethyl adjacent to an activating group) is 1. The van der Waals surface area contributed by atoms with Crippen LogP contribution in [0.2, 0.25) is 5.02 Å². The lowest BCUT2D eigenvalue weighted by atomic mass is 10.0. The Hall–Kier alpha value is -1.26. The van der Waals surface area contributed by atoms with Gasteiger partial charge in [-0.15, -0.1) is 0 Å². The summed E-state index contributed by atoms with van der Waals surface area (Å²) in [5.41, 5.74) is 7.83. The number of carbonyl (C=O) groups excluding carboxylic acids is 1. The highest BCUT2D eigenvalue weighted by Crippen LogP contribution is 2.24. The summed E-state index contributed by atoms with van der Waals surface area (Å²) in [7, 11) is 0. The van der Waals surface area contributed by atoms with Gasteiger partial charge in [0.2, 0.25) is 0 Å². The number of nitrogen functional groups attached to an aromatic ring is 1. The maximum Gasteiger partial charge on any atom is 0.251 e. The van der Waals surface area contributed by atoms with Crippen LogP contribution in [0.15, 0.2) is 12.1 Å². The molecule has 0 saturated carbocycles. The Labute approximate surface area is 126 Å². The van der Waals surface area contributed by atoms with E-state index in [1.54, 1.807) is 12.1 Å². The number of aryl methyl sites for hydroxylation is 1. The van der Waals surface area contributed by atoms with Crippen LogP contribution in [-0.2, 0) is 6.42 Å². The van der Waals surface area contributed by atoms with E-state index in [0.717, 1.165) is 31.6 Å². The summed E-state index contributed by atoms with van der Waals surface area (Å²) in [6.07, 6.45) is 0.750. The highest BCUT2D eigenvalue weighted by atomic mass is 35.5. The van der Waals surface area contributed by atoms with Crippen LogP contribution in [0, 0.1) is 0 Å². The van der Waals surface area contributed by atoms with E-state index < -0.39 is 0 Å². The minimum Gasteiger partial charge on any atom is -0.398 e. The third-order valence-corrected chi connectivity index (χ3v) is 3.78. The minimum atomic E-state index is -0.0871. The normalized spacial score (nSPS) is 10.8. The molecule has 1 aromatic rings. The molecule has 112 valence electrons. The van der Waals surface area contributed by atoms with Gasteiger partial charge in [0, 0.05) is 18.7 Å². The third kappa shape index (κ3) is 4.39. The predicted molar refractivity (Wildman–Crippen MR) is 85.4 cm³/mol. The SMILES string of the molecule is CCc1cc(N)c(Cl)cc1C(=O)NCCN(CC)CC. The molecule has 20 heavy (non-hydrogen) atoms. The van der Waals surface area contributed by atoms with Crippen molar-refractivity contribution in [1.29, 1.82) is 0 Å². The Morgan fingerprint density at radius 1 is 1.30 bits per heavy atom. The molecule has 1 aromatic carbocycles. The molecule has 0 spiro atoms. The molecule has 0 aliphatic heterocycles. The second-order valence-corrected chi connectivity index (χ2v) is 5.07. The van der Waals surface area contributed by atoms with Crippen molar-refractivity contribution in [2.24, 2.45) is 0 Å². The maximum atomic E-state index is 12.2. The molecule has 0 aromatic heterocycles. The van der Waals surface area contributed by atoms with Gasteiger partial charge in [0.15, 0.2) is 0 Å². The molecule has 1 amide bonds. The van der Waals surface area contributed by atoms with Gasteiger partial charge >= 0.3 is 0 Å². The molecule has 1 rings (SSSR count). The van der Waals surface area contributed by atoms with Crippen molar-refractivity contribution in [2.45, 2.75) is 27.2 Å². The second-order valence-electron chi connectivity index (χ2n) is 4.67. The standard InChI is InChI=1S/C15H24ClN3O/c1-4-11-9-14(17)13(16)10-12(11)15(20)18-7-8-19(5-2)6-3/h9-10H,4-8,17H2,1-3H3,(H,18,20). The smallest absolute Gasteiger partial charge is 0.251 e. The van der Waals surface area contributed by atoms with E-state index in [1.807, 2.05) is 6.92 Å². The van der Waals surface area contributed by atoms with Crippen LogP contribution >= 0.6 is 11.6 Å². The van der Waals surface area contributed by atoms with Crippen LogP contribution in [0.5, 0.6) is 0 Å². The molecular formula is C15H24ClN3O. The van der Waals surface area contributed by atoms with E-state index in [4.69, 9.17) is 17.3 Å². The Morgan fingerprint density at radius 2 is 1.95 bits per heavy atom. The van der Waals surface area contributed by atoms with E-state index in [9.17, 15) is 4.79 Å². The average molecular weight is 298 g/mol. The molecule has 0 saturated heterocycles. The van der Waals surface area contributed by atoms with Gasteiger partial charge in [0.05, 0.1) is 10.7 Å². The minimum absolute atomic E-state index is 0.0871. The lowest BCUT2D eigenvalue weighted by Gasteiger charge is -2.18. The van der Waals surface area contributed by atoms with E-state index in [2.05, 4.69) is 24.1 Å². The zero-order chi connectivity index (χ0) is 15.1. The van der Waals surface area contributed by atoms with Crippen LogP contribution < -0.4 is 11.1 Å². The number of carbonyl (C=O) groups is 1. The van der Waals surface area contributed by atoms with Gasteiger partial charge in [-0.25, -0.2) is 0 Å². The molecule has 0 aliphatic carbocycles. The summed E-state index contributed by atoms with van der Waals surface area (Å²) in [6.45, 7) is 9.67. The first-order valence-electron chi connectivity index (χ1n) is 7.11. The average Bonchev–Trinajstić information content (AvgIpc) is 2.45. The Bertz CT molecular complexity index is 459. The van der Waals surface area contributed by atoms with Crippen molar-refractivity contribution in [3.63, 3.8) is 0 Å². The van der Waals surface area contributed by atoms with Crippen molar-refractivity contribution in [2.75, 3.05) is 31.9 Å². The molecule has 0 fully saturated rings. The maximum absolute atomic E-state index is 12.2. The van der Waals surface area contributed by atoms with Gasteiger partial charge in [-0.05, 0) is 37.2 Å². The van der Waals surface area contributed by atoms with Gasteiger partial charge in [-0.1, -0.05) is 32.4 Å². The lowest BCUT2D eigenvalue weighted by molar-refractivity contribution is 0.0948. The van der Waals surface area contributed by atoms with Gasteiger partial charge in [-0.2, -0.15) is 0 Å². The number of hydrogen-bond donors (Lipinski definition) is 2. The number of anilines is 1. The summed E-state index contributed by atoms with van der Waals surface area (Å²) < 4.78 is 0. The number of nitrogens with zero attached hydrogens (tertiary/aromatic N) is 1. The topological polar surface area (TPSA) is 58.4 Å².